The summed E-state index contributed by atoms with van der Waals surface area (Å²) in [4.78, 5) is 23.6. The fraction of sp³-hybridized carbons (Fsp3) is 0.385. The molecule has 96 valence electrons. The van der Waals surface area contributed by atoms with Gasteiger partial charge in [0.25, 0.3) is 5.56 Å². The second kappa shape index (κ2) is 4.94. The fourth-order valence-corrected chi connectivity index (χ4v) is 3.17. The molecule has 0 radical (unpaired) electrons. The second-order valence-corrected chi connectivity index (χ2v) is 5.40. The Morgan fingerprint density at radius 1 is 1.50 bits per heavy atom. The van der Waals surface area contributed by atoms with Crippen LogP contribution in [-0.4, -0.2) is 15.0 Å². The lowest BCUT2D eigenvalue weighted by Crippen LogP contribution is -2.30. The van der Waals surface area contributed by atoms with E-state index in [1.807, 2.05) is 26.0 Å². The van der Waals surface area contributed by atoms with Gasteiger partial charge in [0.15, 0.2) is 0 Å². The van der Waals surface area contributed by atoms with Gasteiger partial charge >= 0.3 is 5.97 Å². The molecule has 0 amide bonds. The first-order chi connectivity index (χ1) is 8.56. The molecule has 2 rings (SSSR count). The average molecular weight is 267 g/mol. The Hall–Kier alpha value is -1.62. The van der Waals surface area contributed by atoms with E-state index in [2.05, 4.69) is 0 Å². The van der Waals surface area contributed by atoms with Gasteiger partial charge in [-0.05, 0) is 18.1 Å². The van der Waals surface area contributed by atoms with Crippen LogP contribution in [0.15, 0.2) is 29.1 Å². The number of fused-ring (bicyclic) bond motifs is 1. The molecular weight excluding hydrogens is 252 g/mol. The highest BCUT2D eigenvalue weighted by Gasteiger charge is 2.28. The number of benzene rings is 1. The number of aromatic nitrogens is 1. The fourth-order valence-electron chi connectivity index (χ4n) is 1.97. The Labute approximate surface area is 109 Å². The number of carboxylic acid groups (broad SMARTS) is 1. The van der Waals surface area contributed by atoms with Crippen LogP contribution in [0.2, 0.25) is 0 Å². The van der Waals surface area contributed by atoms with Crippen LogP contribution in [0.25, 0.3) is 10.1 Å². The molecule has 0 aliphatic rings. The Morgan fingerprint density at radius 3 is 2.72 bits per heavy atom. The van der Waals surface area contributed by atoms with Crippen molar-refractivity contribution < 1.29 is 9.90 Å². The summed E-state index contributed by atoms with van der Waals surface area (Å²) in [5.41, 5.74) is -0.205. The van der Waals surface area contributed by atoms with Crippen LogP contribution in [0.5, 0.6) is 0 Å². The zero-order chi connectivity index (χ0) is 13.3. The van der Waals surface area contributed by atoms with Crippen LogP contribution in [-0.2, 0) is 4.79 Å². The molecule has 0 spiro atoms. The minimum atomic E-state index is -0.946. The first kappa shape index (κ1) is 12.8. The van der Waals surface area contributed by atoms with E-state index in [1.54, 1.807) is 12.1 Å². The first-order valence-electron chi connectivity index (χ1n) is 5.89. The monoisotopic (exact) mass is 267 g/mol. The van der Waals surface area contributed by atoms with Gasteiger partial charge in [-0.1, -0.05) is 43.9 Å². The molecule has 0 fully saturated rings. The average Bonchev–Trinajstić information content (AvgIpc) is 2.67. The largest absolute Gasteiger partial charge is 0.480 e. The predicted molar refractivity (Wildman–Crippen MR) is 72.2 cm³/mol. The van der Waals surface area contributed by atoms with Crippen molar-refractivity contribution in [2.45, 2.75) is 26.3 Å². The highest BCUT2D eigenvalue weighted by Crippen LogP contribution is 2.26. The topological polar surface area (TPSA) is 59.3 Å². The Bertz CT molecular complexity index is 628. The van der Waals surface area contributed by atoms with Crippen LogP contribution >= 0.6 is 11.5 Å². The number of rotatable bonds is 4. The Kier molecular flexibility index (Phi) is 3.52. The third-order valence-corrected chi connectivity index (χ3v) is 4.35. The summed E-state index contributed by atoms with van der Waals surface area (Å²) in [5, 5.41) is 9.92. The van der Waals surface area contributed by atoms with Crippen LogP contribution in [0, 0.1) is 5.92 Å². The van der Waals surface area contributed by atoms with Gasteiger partial charge in [0, 0.05) is 0 Å². The molecule has 0 aliphatic heterocycles. The molecule has 1 heterocycles. The summed E-state index contributed by atoms with van der Waals surface area (Å²) >= 11 is 1.23. The van der Waals surface area contributed by atoms with Gasteiger partial charge in [0.1, 0.15) is 6.04 Å². The van der Waals surface area contributed by atoms with E-state index < -0.39 is 12.0 Å². The maximum absolute atomic E-state index is 12.2. The van der Waals surface area contributed by atoms with Gasteiger partial charge in [-0.2, -0.15) is 0 Å². The van der Waals surface area contributed by atoms with Crippen LogP contribution < -0.4 is 5.56 Å². The van der Waals surface area contributed by atoms with Crippen molar-refractivity contribution in [2.75, 3.05) is 0 Å². The SMILES string of the molecule is CC[C@H](C)[C@@H](C(=O)O)n1sc2ccccc2[14c]1=O. The van der Waals surface area contributed by atoms with Crippen molar-refractivity contribution in [3.05, 3.63) is 34.6 Å². The lowest BCUT2D eigenvalue weighted by Gasteiger charge is -2.18. The molecule has 1 aromatic carbocycles. The summed E-state index contributed by atoms with van der Waals surface area (Å²) in [6.45, 7) is 3.79. The molecule has 2 aromatic rings. The minimum absolute atomic E-state index is 0.0757. The minimum Gasteiger partial charge on any atom is -0.480 e. The summed E-state index contributed by atoms with van der Waals surface area (Å²) in [6.07, 6.45) is 0.720. The summed E-state index contributed by atoms with van der Waals surface area (Å²) < 4.78 is 2.22. The first-order valence-corrected chi connectivity index (χ1v) is 6.67. The van der Waals surface area contributed by atoms with Gasteiger partial charge in [0.2, 0.25) is 0 Å². The molecule has 0 bridgehead atoms. The number of hydrogen-bond acceptors (Lipinski definition) is 3. The number of carbonyl (C=O) groups is 1. The van der Waals surface area contributed by atoms with E-state index in [-0.39, 0.29) is 11.5 Å². The normalized spacial score (nSPS) is 14.6. The maximum Gasteiger partial charge on any atom is 0.328 e. The van der Waals surface area contributed by atoms with Gasteiger partial charge in [-0.25, -0.2) is 8.75 Å². The standard InChI is InChI=1S/C13H15NO3S/c1-3-8(2)11(13(16)17)14-12(15)9-6-4-5-7-10(9)18-14/h4-8,11H,3H2,1-2H3,(H,16,17)/t8-,11-/m0/s1/i12+2. The zero-order valence-electron chi connectivity index (χ0n) is 10.3. The van der Waals surface area contributed by atoms with Crippen LogP contribution in [0.1, 0.15) is 26.3 Å². The van der Waals surface area contributed by atoms with E-state index in [1.165, 1.54) is 15.5 Å². The highest BCUT2D eigenvalue weighted by atomic mass is 32.1. The Balaban J connectivity index is 2.61. The van der Waals surface area contributed by atoms with Crippen molar-refractivity contribution >= 4 is 27.6 Å². The molecule has 0 saturated heterocycles. The van der Waals surface area contributed by atoms with E-state index in [4.69, 9.17) is 0 Å². The highest BCUT2D eigenvalue weighted by molar-refractivity contribution is 7.14. The molecule has 0 saturated carbocycles. The van der Waals surface area contributed by atoms with Crippen molar-refractivity contribution in [3.63, 3.8) is 0 Å². The van der Waals surface area contributed by atoms with Gasteiger partial charge in [-0.3, -0.25) is 4.79 Å². The van der Waals surface area contributed by atoms with Gasteiger partial charge in [0.05, 0.1) is 10.1 Å². The lowest BCUT2D eigenvalue weighted by molar-refractivity contribution is -0.142. The van der Waals surface area contributed by atoms with E-state index in [0.717, 1.165) is 11.1 Å². The molecule has 18 heavy (non-hydrogen) atoms. The zero-order valence-corrected chi connectivity index (χ0v) is 11.1. The third kappa shape index (κ3) is 2.06. The van der Waals surface area contributed by atoms with Gasteiger partial charge < -0.3 is 5.11 Å². The molecular formula is C13H15NO3S. The smallest absolute Gasteiger partial charge is 0.328 e. The number of aliphatic carboxylic acids is 1. The summed E-state index contributed by atoms with van der Waals surface area (Å²) in [7, 11) is 0. The molecule has 4 nitrogen and oxygen atoms in total. The number of carboxylic acids is 1. The van der Waals surface area contributed by atoms with E-state index in [0.29, 0.717) is 5.39 Å². The number of hydrogen-bond donors (Lipinski definition) is 1. The Morgan fingerprint density at radius 2 is 2.17 bits per heavy atom. The van der Waals surface area contributed by atoms with Crippen LogP contribution in [0.4, 0.5) is 0 Å². The lowest BCUT2D eigenvalue weighted by atomic mass is 10.0. The third-order valence-electron chi connectivity index (χ3n) is 3.20. The van der Waals surface area contributed by atoms with Crippen molar-refractivity contribution in [1.82, 2.24) is 3.96 Å². The van der Waals surface area contributed by atoms with E-state index in [9.17, 15) is 14.7 Å². The van der Waals surface area contributed by atoms with Crippen molar-refractivity contribution in [1.29, 1.82) is 0 Å². The van der Waals surface area contributed by atoms with Crippen molar-refractivity contribution in [2.24, 2.45) is 5.92 Å². The maximum atomic E-state index is 12.2. The summed E-state index contributed by atoms with van der Waals surface area (Å²) in [6, 6.07) is 6.44. The second-order valence-electron chi connectivity index (χ2n) is 4.39. The van der Waals surface area contributed by atoms with Gasteiger partial charge in [-0.15, -0.1) is 0 Å². The quantitative estimate of drug-likeness (QED) is 0.926. The predicted octanol–water partition coefficient (Wildman–Crippen LogP) is 2.73. The molecule has 2 atom stereocenters. The molecule has 0 unspecified atom stereocenters. The molecule has 5 heteroatoms. The van der Waals surface area contributed by atoms with E-state index >= 15 is 0 Å². The molecule has 1 aromatic heterocycles. The molecule has 1 N–H and O–H groups in total. The molecule has 0 aliphatic carbocycles. The summed E-state index contributed by atoms with van der Waals surface area (Å²) in [5.74, 6) is -1.02. The van der Waals surface area contributed by atoms with Crippen molar-refractivity contribution in [3.8, 4) is 0 Å². The van der Waals surface area contributed by atoms with Crippen LogP contribution in [0.3, 0.4) is 0 Å². The number of nitrogens with zero attached hydrogens (tertiary/aromatic N) is 1.